The highest BCUT2D eigenvalue weighted by Gasteiger charge is 2.25. The van der Waals surface area contributed by atoms with Crippen molar-refractivity contribution >= 4 is 11.8 Å². The van der Waals surface area contributed by atoms with Crippen LogP contribution in [0.1, 0.15) is 18.1 Å². The third-order valence-corrected chi connectivity index (χ3v) is 3.18. The van der Waals surface area contributed by atoms with E-state index in [9.17, 15) is 9.59 Å². The zero-order chi connectivity index (χ0) is 13.1. The highest BCUT2D eigenvalue weighted by molar-refractivity contribution is 5.89. The van der Waals surface area contributed by atoms with Gasteiger partial charge in [0.25, 0.3) is 0 Å². The number of rotatable bonds is 3. The molecule has 1 aromatic carbocycles. The highest BCUT2D eigenvalue weighted by atomic mass is 16.2. The molecule has 0 aromatic heterocycles. The van der Waals surface area contributed by atoms with E-state index in [0.717, 1.165) is 0 Å². The number of amides is 2. The first-order valence-corrected chi connectivity index (χ1v) is 5.98. The van der Waals surface area contributed by atoms with Crippen LogP contribution in [0.3, 0.4) is 0 Å². The van der Waals surface area contributed by atoms with Crippen molar-refractivity contribution < 1.29 is 9.59 Å². The van der Waals surface area contributed by atoms with Gasteiger partial charge in [0.15, 0.2) is 0 Å². The molecule has 1 aliphatic rings. The maximum Gasteiger partial charge on any atom is 0.239 e. The summed E-state index contributed by atoms with van der Waals surface area (Å²) in [6, 6.07) is 7.07. The third kappa shape index (κ3) is 2.68. The molecule has 1 heterocycles. The number of carbonyl (C=O) groups is 2. The zero-order valence-corrected chi connectivity index (χ0v) is 10.3. The van der Waals surface area contributed by atoms with E-state index in [1.165, 1.54) is 11.1 Å². The Balaban J connectivity index is 2.00. The van der Waals surface area contributed by atoms with E-state index in [2.05, 4.69) is 10.6 Å². The smallest absolute Gasteiger partial charge is 0.239 e. The number of hydrogen-bond acceptors (Lipinski definition) is 3. The summed E-state index contributed by atoms with van der Waals surface area (Å²) in [5, 5.41) is 5.76. The summed E-state index contributed by atoms with van der Waals surface area (Å²) in [4.78, 5) is 22.8. The molecule has 0 spiro atoms. The molecule has 1 aromatic rings. The number of hydrogen-bond donors (Lipinski definition) is 3. The monoisotopic (exact) mass is 247 g/mol. The lowest BCUT2D eigenvalue weighted by Crippen LogP contribution is -2.52. The average molecular weight is 247 g/mol. The van der Waals surface area contributed by atoms with Crippen LogP contribution < -0.4 is 16.4 Å². The van der Waals surface area contributed by atoms with Crippen LogP contribution in [-0.4, -0.2) is 23.9 Å². The first kappa shape index (κ1) is 12.6. The molecule has 0 saturated carbocycles. The Morgan fingerprint density at radius 2 is 2.06 bits per heavy atom. The second-order valence-corrected chi connectivity index (χ2v) is 4.54. The molecule has 0 radical (unpaired) electrons. The number of primary amides is 1. The minimum Gasteiger partial charge on any atom is -0.368 e. The van der Waals surface area contributed by atoms with E-state index >= 15 is 0 Å². The summed E-state index contributed by atoms with van der Waals surface area (Å²) in [7, 11) is 0. The van der Waals surface area contributed by atoms with Crippen LogP contribution in [0.5, 0.6) is 0 Å². The molecule has 4 N–H and O–H groups in total. The fraction of sp³-hybridized carbons (Fsp3) is 0.385. The van der Waals surface area contributed by atoms with Gasteiger partial charge >= 0.3 is 0 Å². The van der Waals surface area contributed by atoms with Gasteiger partial charge in [-0.05, 0) is 24.5 Å². The van der Waals surface area contributed by atoms with Crippen molar-refractivity contribution in [2.75, 3.05) is 0 Å². The van der Waals surface area contributed by atoms with E-state index in [0.29, 0.717) is 13.0 Å². The van der Waals surface area contributed by atoms with Crippen LogP contribution in [-0.2, 0) is 22.6 Å². The van der Waals surface area contributed by atoms with Gasteiger partial charge in [0.2, 0.25) is 11.8 Å². The van der Waals surface area contributed by atoms with Gasteiger partial charge in [0.1, 0.15) is 6.04 Å². The van der Waals surface area contributed by atoms with E-state index in [1.54, 1.807) is 6.92 Å². The van der Waals surface area contributed by atoms with Crippen molar-refractivity contribution in [3.05, 3.63) is 35.4 Å². The minimum atomic E-state index is -0.642. The summed E-state index contributed by atoms with van der Waals surface area (Å²) >= 11 is 0. The van der Waals surface area contributed by atoms with Gasteiger partial charge in [0, 0.05) is 6.54 Å². The number of fused-ring (bicyclic) bond motifs is 1. The molecule has 5 heteroatoms. The summed E-state index contributed by atoms with van der Waals surface area (Å²) in [5.74, 6) is -0.713. The van der Waals surface area contributed by atoms with Crippen LogP contribution in [0.15, 0.2) is 24.3 Å². The second kappa shape index (κ2) is 5.18. The molecule has 0 fully saturated rings. The molecule has 96 valence electrons. The predicted molar refractivity (Wildman–Crippen MR) is 67.6 cm³/mol. The molecule has 1 aliphatic heterocycles. The lowest BCUT2D eigenvalue weighted by molar-refractivity contribution is -0.128. The van der Waals surface area contributed by atoms with Crippen molar-refractivity contribution in [2.45, 2.75) is 32.0 Å². The third-order valence-electron chi connectivity index (χ3n) is 3.18. The largest absolute Gasteiger partial charge is 0.368 e. The molecule has 2 atom stereocenters. The maximum atomic E-state index is 11.9. The molecule has 18 heavy (non-hydrogen) atoms. The SMILES string of the molecule is CC(NC(=O)[C@@H]1Cc2ccccc2CN1)C(N)=O. The minimum absolute atomic E-state index is 0.184. The van der Waals surface area contributed by atoms with Gasteiger partial charge in [-0.25, -0.2) is 0 Å². The maximum absolute atomic E-state index is 11.9. The molecule has 5 nitrogen and oxygen atoms in total. The predicted octanol–water partition coefficient (Wildman–Crippen LogP) is -0.309. The van der Waals surface area contributed by atoms with Gasteiger partial charge in [-0.15, -0.1) is 0 Å². The van der Waals surface area contributed by atoms with Crippen molar-refractivity contribution in [1.82, 2.24) is 10.6 Å². The highest BCUT2D eigenvalue weighted by Crippen LogP contribution is 2.16. The number of benzene rings is 1. The van der Waals surface area contributed by atoms with Crippen LogP contribution in [0.25, 0.3) is 0 Å². The Kier molecular flexibility index (Phi) is 3.62. The van der Waals surface area contributed by atoms with Gasteiger partial charge in [-0.2, -0.15) is 0 Å². The number of nitrogens with one attached hydrogen (secondary N) is 2. The molecular weight excluding hydrogens is 230 g/mol. The summed E-state index contributed by atoms with van der Waals surface area (Å²) in [6.45, 7) is 2.25. The molecule has 0 aliphatic carbocycles. The fourth-order valence-corrected chi connectivity index (χ4v) is 2.02. The molecule has 0 bridgehead atoms. The first-order valence-electron chi connectivity index (χ1n) is 5.98. The van der Waals surface area contributed by atoms with Crippen molar-refractivity contribution in [1.29, 1.82) is 0 Å². The Morgan fingerprint density at radius 1 is 1.39 bits per heavy atom. The van der Waals surface area contributed by atoms with Crippen LogP contribution in [0.2, 0.25) is 0 Å². The molecule has 1 unspecified atom stereocenters. The van der Waals surface area contributed by atoms with E-state index in [-0.39, 0.29) is 11.9 Å². The van der Waals surface area contributed by atoms with Gasteiger partial charge in [-0.1, -0.05) is 24.3 Å². The standard InChI is InChI=1S/C13H17N3O2/c1-8(12(14)17)16-13(18)11-6-9-4-2-3-5-10(9)7-15-11/h2-5,8,11,15H,6-7H2,1H3,(H2,14,17)(H,16,18)/t8?,11-/m0/s1. The van der Waals surface area contributed by atoms with Crippen molar-refractivity contribution in [3.8, 4) is 0 Å². The van der Waals surface area contributed by atoms with E-state index < -0.39 is 11.9 Å². The second-order valence-electron chi connectivity index (χ2n) is 4.54. The quantitative estimate of drug-likeness (QED) is 0.685. The van der Waals surface area contributed by atoms with Gasteiger partial charge in [-0.3, -0.25) is 9.59 Å². The Labute approximate surface area is 106 Å². The Morgan fingerprint density at radius 3 is 2.72 bits per heavy atom. The van der Waals surface area contributed by atoms with Crippen molar-refractivity contribution in [3.63, 3.8) is 0 Å². The summed E-state index contributed by atoms with van der Waals surface area (Å²) < 4.78 is 0. The van der Waals surface area contributed by atoms with Gasteiger partial charge in [0.05, 0.1) is 6.04 Å². The lowest BCUT2D eigenvalue weighted by atomic mass is 9.95. The topological polar surface area (TPSA) is 84.2 Å². The molecule has 2 amide bonds. The summed E-state index contributed by atoms with van der Waals surface area (Å²) in [6.07, 6.45) is 0.632. The number of carbonyl (C=O) groups excluding carboxylic acids is 2. The first-order chi connectivity index (χ1) is 8.58. The van der Waals surface area contributed by atoms with E-state index in [1.807, 2.05) is 24.3 Å². The molecule has 0 saturated heterocycles. The average Bonchev–Trinajstić information content (AvgIpc) is 2.37. The fourth-order valence-electron chi connectivity index (χ4n) is 2.02. The Bertz CT molecular complexity index is 473. The molecular formula is C13H17N3O2. The summed E-state index contributed by atoms with van der Waals surface area (Å²) in [5.41, 5.74) is 7.50. The van der Waals surface area contributed by atoms with E-state index in [4.69, 9.17) is 5.73 Å². The van der Waals surface area contributed by atoms with Crippen LogP contribution in [0.4, 0.5) is 0 Å². The normalized spacial score (nSPS) is 19.7. The van der Waals surface area contributed by atoms with Gasteiger partial charge < -0.3 is 16.4 Å². The molecule has 2 rings (SSSR count). The van der Waals surface area contributed by atoms with Crippen LogP contribution >= 0.6 is 0 Å². The van der Waals surface area contributed by atoms with Crippen LogP contribution in [0, 0.1) is 0 Å². The number of nitrogens with two attached hydrogens (primary N) is 1. The van der Waals surface area contributed by atoms with Crippen molar-refractivity contribution in [2.24, 2.45) is 5.73 Å². The lowest BCUT2D eigenvalue weighted by Gasteiger charge is -2.26. The zero-order valence-electron chi connectivity index (χ0n) is 10.3. The Hall–Kier alpha value is -1.88.